The minimum atomic E-state index is -0.331. The second-order valence-corrected chi connectivity index (χ2v) is 4.17. The zero-order chi connectivity index (χ0) is 16.4. The predicted molar refractivity (Wildman–Crippen MR) is 87.6 cm³/mol. The van der Waals surface area contributed by atoms with Gasteiger partial charge in [-0.25, -0.2) is 9.38 Å². The number of benzene rings is 1. The van der Waals surface area contributed by atoms with Crippen LogP contribution in [-0.2, 0) is 4.74 Å². The van der Waals surface area contributed by atoms with Crippen LogP contribution in [0.1, 0.15) is 44.9 Å². The number of ether oxygens (including phenoxy) is 1. The fourth-order valence-corrected chi connectivity index (χ4v) is 1.72. The maximum absolute atomic E-state index is 13.3. The van der Waals surface area contributed by atoms with Crippen LogP contribution in [0.25, 0.3) is 0 Å². The largest absolute Gasteiger partial charge is 0.482 e. The monoisotopic (exact) mass is 292 g/mol. The van der Waals surface area contributed by atoms with Gasteiger partial charge in [-0.1, -0.05) is 26.0 Å². The zero-order valence-corrected chi connectivity index (χ0v) is 13.5. The molecule has 0 saturated carbocycles. The molecule has 116 valence electrons. The molecule has 0 bridgehead atoms. The van der Waals surface area contributed by atoms with Gasteiger partial charge in [0, 0.05) is 0 Å². The first-order valence-electron chi connectivity index (χ1n) is 7.01. The second kappa shape index (κ2) is 9.75. The molecule has 21 heavy (non-hydrogen) atoms. The Morgan fingerprint density at radius 2 is 2.05 bits per heavy atom. The molecule has 0 aliphatic rings. The fourth-order valence-electron chi connectivity index (χ4n) is 1.72. The summed E-state index contributed by atoms with van der Waals surface area (Å²) in [7, 11) is 0. The first-order valence-corrected chi connectivity index (χ1v) is 7.01. The van der Waals surface area contributed by atoms with Gasteiger partial charge in [0.15, 0.2) is 11.6 Å². The van der Waals surface area contributed by atoms with Gasteiger partial charge in [-0.05, 0) is 56.8 Å². The van der Waals surface area contributed by atoms with Crippen molar-refractivity contribution < 1.29 is 9.13 Å². The van der Waals surface area contributed by atoms with Gasteiger partial charge in [0.1, 0.15) is 11.9 Å². The summed E-state index contributed by atoms with van der Waals surface area (Å²) in [5, 5.41) is 0. The first-order chi connectivity index (χ1) is 9.99. The maximum atomic E-state index is 13.3. The molecular weight excluding hydrogens is 267 g/mol. The topological polar surface area (TPSA) is 47.6 Å². The Morgan fingerprint density at radius 3 is 2.57 bits per heavy atom. The van der Waals surface area contributed by atoms with E-state index in [1.54, 1.807) is 18.2 Å². The Balaban J connectivity index is 0.00000191. The van der Waals surface area contributed by atoms with E-state index >= 15 is 0 Å². The van der Waals surface area contributed by atoms with Crippen molar-refractivity contribution >= 4 is 6.72 Å². The van der Waals surface area contributed by atoms with Gasteiger partial charge < -0.3 is 10.5 Å². The van der Waals surface area contributed by atoms with Crippen molar-refractivity contribution in [3.63, 3.8) is 0 Å². The van der Waals surface area contributed by atoms with Crippen molar-refractivity contribution in [2.75, 3.05) is 0 Å². The van der Waals surface area contributed by atoms with Crippen LogP contribution in [0.5, 0.6) is 0 Å². The van der Waals surface area contributed by atoms with Crippen LogP contribution in [0.4, 0.5) is 4.39 Å². The minimum Gasteiger partial charge on any atom is -0.482 e. The number of aliphatic imine (C=N–C) groups is 1. The standard InChI is InChI=1S/C15H19FN2O.C2H6/c1-5-6-14(15(17)18-4)19-11(3)13-9-12(16)8-7-10(13)2;1-2/h5-9,11H,4,17H2,1-3H3;1-2H3/b6-5-,15-14+;. The molecule has 0 aliphatic heterocycles. The normalized spacial score (nSPS) is 13.0. The van der Waals surface area contributed by atoms with Crippen molar-refractivity contribution in [1.29, 1.82) is 0 Å². The van der Waals surface area contributed by atoms with E-state index in [0.717, 1.165) is 11.1 Å². The van der Waals surface area contributed by atoms with E-state index in [9.17, 15) is 4.39 Å². The molecule has 0 saturated heterocycles. The second-order valence-electron chi connectivity index (χ2n) is 4.17. The highest BCUT2D eigenvalue weighted by Crippen LogP contribution is 2.25. The highest BCUT2D eigenvalue weighted by atomic mass is 19.1. The van der Waals surface area contributed by atoms with E-state index in [1.807, 2.05) is 34.6 Å². The smallest absolute Gasteiger partial charge is 0.165 e. The van der Waals surface area contributed by atoms with Gasteiger partial charge in [0.2, 0.25) is 0 Å². The zero-order valence-electron chi connectivity index (χ0n) is 13.5. The summed E-state index contributed by atoms with van der Waals surface area (Å²) in [5.41, 5.74) is 7.43. The van der Waals surface area contributed by atoms with E-state index in [-0.39, 0.29) is 17.7 Å². The van der Waals surface area contributed by atoms with Crippen molar-refractivity contribution in [3.05, 3.63) is 58.9 Å². The van der Waals surface area contributed by atoms with Crippen molar-refractivity contribution in [1.82, 2.24) is 0 Å². The van der Waals surface area contributed by atoms with Gasteiger partial charge in [0.05, 0.1) is 0 Å². The number of nitrogens with two attached hydrogens (primary N) is 1. The van der Waals surface area contributed by atoms with Crippen molar-refractivity contribution in [2.45, 2.75) is 40.7 Å². The Kier molecular flexibility index (Phi) is 8.77. The van der Waals surface area contributed by atoms with Gasteiger partial charge >= 0.3 is 0 Å². The Hall–Kier alpha value is -2.10. The summed E-state index contributed by atoms with van der Waals surface area (Å²) in [6.07, 6.45) is 3.16. The number of aryl methyl sites for hydroxylation is 1. The van der Waals surface area contributed by atoms with Crippen molar-refractivity contribution in [3.8, 4) is 0 Å². The maximum Gasteiger partial charge on any atom is 0.165 e. The molecule has 1 unspecified atom stereocenters. The van der Waals surface area contributed by atoms with E-state index in [0.29, 0.717) is 5.76 Å². The highest BCUT2D eigenvalue weighted by Gasteiger charge is 2.13. The van der Waals surface area contributed by atoms with Gasteiger partial charge in [-0.2, -0.15) is 0 Å². The minimum absolute atomic E-state index is 0.207. The van der Waals surface area contributed by atoms with E-state index < -0.39 is 0 Å². The molecule has 0 amide bonds. The third-order valence-corrected chi connectivity index (χ3v) is 2.72. The van der Waals surface area contributed by atoms with Crippen LogP contribution >= 0.6 is 0 Å². The lowest BCUT2D eigenvalue weighted by Crippen LogP contribution is -2.07. The molecule has 0 fully saturated rings. The molecule has 1 aromatic rings. The van der Waals surface area contributed by atoms with Crippen LogP contribution in [0.3, 0.4) is 0 Å². The van der Waals surface area contributed by atoms with E-state index in [1.165, 1.54) is 12.1 Å². The van der Waals surface area contributed by atoms with Gasteiger partial charge in [-0.15, -0.1) is 0 Å². The summed E-state index contributed by atoms with van der Waals surface area (Å²) in [5.74, 6) is 0.343. The van der Waals surface area contributed by atoms with E-state index in [4.69, 9.17) is 10.5 Å². The predicted octanol–water partition coefficient (Wildman–Crippen LogP) is 4.64. The summed E-state index contributed by atoms with van der Waals surface area (Å²) in [6, 6.07) is 4.61. The quantitative estimate of drug-likeness (QED) is 0.488. The molecule has 2 N–H and O–H groups in total. The van der Waals surface area contributed by atoms with Crippen LogP contribution in [-0.4, -0.2) is 6.72 Å². The number of hydrogen-bond acceptors (Lipinski definition) is 3. The Bertz CT molecular complexity index is 522. The number of rotatable bonds is 5. The summed E-state index contributed by atoms with van der Waals surface area (Å²) < 4.78 is 19.0. The van der Waals surface area contributed by atoms with Gasteiger partial charge in [0.25, 0.3) is 0 Å². The molecule has 0 aromatic heterocycles. The third-order valence-electron chi connectivity index (χ3n) is 2.72. The molecule has 0 aliphatic carbocycles. The molecule has 0 spiro atoms. The molecule has 1 rings (SSSR count). The highest BCUT2D eigenvalue weighted by molar-refractivity contribution is 5.32. The molecule has 0 heterocycles. The fraction of sp³-hybridized carbons (Fsp3) is 0.353. The SMILES string of the molecule is C=N/C(N)=C(\C=C/C)OC(C)c1cc(F)ccc1C.CC. The van der Waals surface area contributed by atoms with Crippen LogP contribution in [0.15, 0.2) is 46.9 Å². The lowest BCUT2D eigenvalue weighted by atomic mass is 10.0. The van der Waals surface area contributed by atoms with Crippen LogP contribution < -0.4 is 5.73 Å². The summed E-state index contributed by atoms with van der Waals surface area (Å²) in [4.78, 5) is 3.65. The molecule has 1 atom stereocenters. The summed E-state index contributed by atoms with van der Waals surface area (Å²) >= 11 is 0. The number of halogens is 1. The Labute approximate surface area is 127 Å². The lowest BCUT2D eigenvalue weighted by Gasteiger charge is -2.18. The van der Waals surface area contributed by atoms with Crippen LogP contribution in [0.2, 0.25) is 0 Å². The van der Waals surface area contributed by atoms with E-state index in [2.05, 4.69) is 11.7 Å². The first kappa shape index (κ1) is 18.9. The third kappa shape index (κ3) is 5.81. The average Bonchev–Trinajstić information content (AvgIpc) is 2.50. The number of nitrogens with zero attached hydrogens (tertiary/aromatic N) is 1. The molecule has 4 heteroatoms. The van der Waals surface area contributed by atoms with Crippen LogP contribution in [0, 0.1) is 12.7 Å². The molecule has 3 nitrogen and oxygen atoms in total. The van der Waals surface area contributed by atoms with Crippen molar-refractivity contribution in [2.24, 2.45) is 10.7 Å². The Morgan fingerprint density at radius 1 is 1.43 bits per heavy atom. The summed E-state index contributed by atoms with van der Waals surface area (Å²) in [6.45, 7) is 13.0. The number of allylic oxidation sites excluding steroid dienone is 2. The average molecular weight is 292 g/mol. The lowest BCUT2D eigenvalue weighted by molar-refractivity contribution is 0.139. The molecular formula is C17H25FN2O. The molecule has 0 radical (unpaired) electrons. The molecule has 1 aromatic carbocycles. The number of hydrogen-bond donors (Lipinski definition) is 1. The van der Waals surface area contributed by atoms with Gasteiger partial charge in [-0.3, -0.25) is 0 Å².